The molecule has 6 saturated heterocycles. The van der Waals surface area contributed by atoms with Gasteiger partial charge in [-0.1, -0.05) is 149 Å². The molecule has 6 fully saturated rings. The van der Waals surface area contributed by atoms with Crippen molar-refractivity contribution in [2.45, 2.75) is 66.0 Å². The number of aromatic hydroxyl groups is 5. The summed E-state index contributed by atoms with van der Waals surface area (Å²) >= 11 is 14.2. The van der Waals surface area contributed by atoms with E-state index in [0.29, 0.717) is 83.0 Å². The fourth-order valence-corrected chi connectivity index (χ4v) is 19.6. The molecule has 15 aromatic rings. The zero-order valence-electron chi connectivity index (χ0n) is 73.4. The second-order valence-corrected chi connectivity index (χ2v) is 34.7. The van der Waals surface area contributed by atoms with Crippen molar-refractivity contribution in [3.8, 4) is 34.5 Å². The Morgan fingerprint density at radius 1 is 0.358 bits per heavy atom. The summed E-state index contributed by atoms with van der Waals surface area (Å²) < 4.78 is 32.8. The second-order valence-electron chi connectivity index (χ2n) is 32.9. The third kappa shape index (κ3) is 22.9. The molecule has 8 aromatic heterocycles. The van der Waals surface area contributed by atoms with Crippen LogP contribution in [0.5, 0.6) is 34.5 Å². The van der Waals surface area contributed by atoms with Crippen molar-refractivity contribution in [3.63, 3.8) is 0 Å². The molecule has 5 unspecified atom stereocenters. The summed E-state index contributed by atoms with van der Waals surface area (Å²) in [6.45, 7) is 22.2. The first kappa shape index (κ1) is 98.3. The van der Waals surface area contributed by atoms with Crippen LogP contribution < -0.4 is 9.64 Å². The number of piperazine rings is 1. The monoisotopic (exact) mass is 1870 g/mol. The summed E-state index contributed by atoms with van der Waals surface area (Å²) in [5.41, 5.74) is 11.8. The number of halogens is 2. The van der Waals surface area contributed by atoms with Crippen LogP contribution in [0, 0.1) is 0 Å². The number of thiophene rings is 1. The number of phenolic OH excluding ortho intramolecular Hbond substituents is 5. The number of pyridine rings is 7. The Hall–Kier alpha value is -11.7. The van der Waals surface area contributed by atoms with Gasteiger partial charge in [-0.15, -0.1) is 11.3 Å². The first-order valence-corrected chi connectivity index (χ1v) is 46.3. The van der Waals surface area contributed by atoms with Crippen molar-refractivity contribution in [2.75, 3.05) is 170 Å². The van der Waals surface area contributed by atoms with Crippen molar-refractivity contribution in [2.24, 2.45) is 0 Å². The molecule has 5 N–H and O–H groups in total. The molecule has 25 nitrogen and oxygen atoms in total. The van der Waals surface area contributed by atoms with Gasteiger partial charge in [-0.25, -0.2) is 4.98 Å². The Morgan fingerprint density at radius 2 is 0.769 bits per heavy atom. The van der Waals surface area contributed by atoms with Gasteiger partial charge in [-0.2, -0.15) is 0 Å². The normalized spacial score (nSPS) is 17.1. The zero-order valence-corrected chi connectivity index (χ0v) is 75.8. The summed E-state index contributed by atoms with van der Waals surface area (Å²) in [5.74, 6) is 3.06. The van der Waals surface area contributed by atoms with Crippen LogP contribution >= 0.6 is 34.5 Å². The molecule has 0 saturated carbocycles. The number of fused-ring (bicyclic) bond motifs is 5. The van der Waals surface area contributed by atoms with Crippen LogP contribution in [0.2, 0.25) is 10.0 Å². The van der Waals surface area contributed by atoms with Gasteiger partial charge < -0.3 is 58.9 Å². The van der Waals surface area contributed by atoms with E-state index < -0.39 is 0 Å². The number of ether oxygens (including phenoxy) is 6. The molecule has 6 aliphatic heterocycles. The summed E-state index contributed by atoms with van der Waals surface area (Å²) in [7, 11) is 1.66. The topological polar surface area (TPSA) is 269 Å². The predicted molar refractivity (Wildman–Crippen MR) is 535 cm³/mol. The number of morpholine rings is 5. The Morgan fingerprint density at radius 3 is 1.24 bits per heavy atom. The highest BCUT2D eigenvalue weighted by Gasteiger charge is 2.35. The number of rotatable bonds is 18. The van der Waals surface area contributed by atoms with Crippen LogP contribution in [-0.4, -0.2) is 255 Å². The van der Waals surface area contributed by atoms with Crippen molar-refractivity contribution in [3.05, 3.63) is 320 Å². The maximum Gasteiger partial charge on any atom is 0.147 e. The third-order valence-corrected chi connectivity index (χ3v) is 26.7. The van der Waals surface area contributed by atoms with Crippen molar-refractivity contribution >= 4 is 94.9 Å². The van der Waals surface area contributed by atoms with Crippen molar-refractivity contribution in [1.29, 1.82) is 0 Å². The SMILES string of the molecule is C.C.C.CC(c1cc(CN2CCOCC2)c2cccnc2c1O)N1CCOCC1.COc1ccc(C(c2ccc3cccnc3c2O)N2CCOCC2)cc1.Oc1c(C(c2ccc(Cl)cc2)N2CCOCC2)ccc2cccnc12.Oc1c(C(c2ccccn2)N2CCN(c3ccccn3)CC2)ccc2cccnc12.Oc1c(C(c2cccs2)N2CCOCC2)cc(Cl)c2cccnc12. The largest absolute Gasteiger partial charge is 0.505 e. The smallest absolute Gasteiger partial charge is 0.147 e. The van der Waals surface area contributed by atoms with E-state index in [1.54, 1.807) is 49.4 Å². The van der Waals surface area contributed by atoms with Crippen LogP contribution in [0.1, 0.15) is 114 Å². The number of methoxy groups -OCH3 is 1. The van der Waals surface area contributed by atoms with E-state index in [9.17, 15) is 25.5 Å². The number of aromatic nitrogens is 7. The molecule has 0 bridgehead atoms. The van der Waals surface area contributed by atoms with Crippen molar-refractivity contribution in [1.82, 2.24) is 64.3 Å². The molecule has 0 aliphatic carbocycles. The van der Waals surface area contributed by atoms with E-state index in [2.05, 4.69) is 112 Å². The highest BCUT2D eigenvalue weighted by molar-refractivity contribution is 7.10. The van der Waals surface area contributed by atoms with Gasteiger partial charge in [0.1, 0.15) is 67.9 Å². The van der Waals surface area contributed by atoms with Crippen LogP contribution in [-0.2, 0) is 30.2 Å². The number of hydrogen-bond donors (Lipinski definition) is 5. The zero-order chi connectivity index (χ0) is 89.9. The molecule has 134 heavy (non-hydrogen) atoms. The lowest BCUT2D eigenvalue weighted by molar-refractivity contribution is 0.0194. The maximum absolute atomic E-state index is 11.1. The number of anilines is 1. The van der Waals surface area contributed by atoms with E-state index in [1.807, 2.05) is 188 Å². The number of nitrogens with zero attached hydrogens (tertiary/aromatic N) is 14. The van der Waals surface area contributed by atoms with Gasteiger partial charge in [-0.05, 0) is 132 Å². The summed E-state index contributed by atoms with van der Waals surface area (Å²) in [5, 5.41) is 62.8. The number of hydrogen-bond acceptors (Lipinski definition) is 26. The predicted octanol–water partition coefficient (Wildman–Crippen LogP) is 19.2. The minimum absolute atomic E-state index is 0. The second kappa shape index (κ2) is 47.5. The lowest BCUT2D eigenvalue weighted by atomic mass is 9.94. The van der Waals surface area contributed by atoms with E-state index >= 15 is 0 Å². The number of benzene rings is 7. The highest BCUT2D eigenvalue weighted by atomic mass is 35.5. The average molecular weight is 1870 g/mol. The van der Waals surface area contributed by atoms with Gasteiger partial charge in [0.15, 0.2) is 0 Å². The van der Waals surface area contributed by atoms with E-state index in [4.69, 9.17) is 51.6 Å². The first-order chi connectivity index (χ1) is 64.3. The summed E-state index contributed by atoms with van der Waals surface area (Å²) in [6, 6.07) is 67.1. The van der Waals surface area contributed by atoms with Crippen LogP contribution in [0.25, 0.3) is 54.5 Å². The van der Waals surface area contributed by atoms with E-state index in [0.717, 1.165) is 208 Å². The molecular weight excluding hydrogens is 1750 g/mol. The molecule has 21 rings (SSSR count). The van der Waals surface area contributed by atoms with E-state index in [-0.39, 0.29) is 75.5 Å². The first-order valence-electron chi connectivity index (χ1n) is 44.7. The minimum atomic E-state index is -0.136. The van der Waals surface area contributed by atoms with Gasteiger partial charge in [0.05, 0.1) is 108 Å². The Bertz CT molecular complexity index is 6250. The molecule has 5 atom stereocenters. The fourth-order valence-electron chi connectivity index (χ4n) is 18.4. The lowest BCUT2D eigenvalue weighted by Crippen LogP contribution is -2.48. The number of phenols is 5. The molecule has 7 aromatic carbocycles. The van der Waals surface area contributed by atoms with Crippen LogP contribution in [0.15, 0.2) is 255 Å². The fraction of sp³-hybridized carbons (Fsp3) is 0.330. The average Bonchev–Trinajstić information content (AvgIpc) is 0.828. The van der Waals surface area contributed by atoms with Crippen LogP contribution in [0.4, 0.5) is 5.82 Å². The summed E-state index contributed by atoms with van der Waals surface area (Å²) in [6.07, 6.45) is 12.2. The van der Waals surface area contributed by atoms with Gasteiger partial charge in [0.2, 0.25) is 0 Å². The quantitative estimate of drug-likeness (QED) is 0.0534. The summed E-state index contributed by atoms with van der Waals surface area (Å²) in [4.78, 5) is 48.7. The molecule has 28 heteroatoms. The molecule has 0 amide bonds. The Kier molecular flexibility index (Phi) is 34.8. The van der Waals surface area contributed by atoms with E-state index in [1.165, 1.54) is 10.4 Å². The van der Waals surface area contributed by atoms with Gasteiger partial charge >= 0.3 is 0 Å². The lowest BCUT2D eigenvalue weighted by Gasteiger charge is -2.39. The highest BCUT2D eigenvalue weighted by Crippen LogP contribution is 2.46. The van der Waals surface area contributed by atoms with Gasteiger partial charge in [-0.3, -0.25) is 59.3 Å². The molecule has 0 radical (unpaired) electrons. The van der Waals surface area contributed by atoms with Gasteiger partial charge in [0, 0.05) is 212 Å². The molecule has 700 valence electrons. The van der Waals surface area contributed by atoms with Crippen molar-refractivity contribution < 1.29 is 54.0 Å². The van der Waals surface area contributed by atoms with Gasteiger partial charge in [0.25, 0.3) is 0 Å². The maximum atomic E-state index is 11.1. The standard InChI is InChI=1S/C24H23N5O.C21H22N2O3.C20H19ClN2O2.C20H27N3O3.C18H17ClN2O2S.3CH4/c30-24-19(10-9-18-6-5-13-27-22(18)24)23(20-7-1-3-11-25-20)29-16-14-28(15-17-29)21-8-2-4-12-26-21;1-25-17-7-4-16(5-8-17)20(23-11-13-26-14-12-23)18-9-6-15-3-2-10-22-19(15)21(18)24;21-16-6-3-15(4-7-16)19(23-10-12-25-13-11-23)17-8-5-14-2-1-9-22-18(14)20(17)24;1-15(23-7-11-26-12-8-23)18-13-16(14-22-5-9-25-10-6-22)17-3-2-4-21-19(17)20(18)24;19-14-11-13(18(22)16-12(14)3-1-5-20-16)17(15-4-2-10-24-15)21-6-8-23-9-7-21;;;/h1-13,23,30H,14-17H2;2-10,20,24H,11-14H2,1H3;1-9,19,24H,10-13H2;2-4,13,15,24H,5-12,14H2,1H3;1-5,10-11,17,22H,6-9H2;3*1H4. The molecule has 6 aliphatic rings. The van der Waals surface area contributed by atoms with Crippen LogP contribution in [0.3, 0.4) is 0 Å². The third-order valence-electron chi connectivity index (χ3n) is 25.2. The Labute approximate surface area is 798 Å². The minimum Gasteiger partial charge on any atom is -0.505 e. The molecule has 0 spiro atoms. The Balaban J connectivity index is 0.000000134. The molecular formula is C106H120Cl2N14O11S. The molecule has 14 heterocycles.